The fourth-order valence-electron chi connectivity index (χ4n) is 1.56. The van der Waals surface area contributed by atoms with Crippen molar-refractivity contribution >= 4 is 21.9 Å². The first-order chi connectivity index (χ1) is 10.2. The van der Waals surface area contributed by atoms with Gasteiger partial charge >= 0.3 is 30.2 Å². The van der Waals surface area contributed by atoms with E-state index in [1.54, 1.807) is 0 Å². The molecule has 0 saturated heterocycles. The van der Waals surface area contributed by atoms with Crippen LogP contribution in [0.3, 0.4) is 0 Å². The summed E-state index contributed by atoms with van der Waals surface area (Å²) in [5.74, 6) is -16.5. The van der Waals surface area contributed by atoms with Gasteiger partial charge in [-0.25, -0.2) is 4.39 Å². The van der Waals surface area contributed by atoms with E-state index in [1.165, 1.54) is 0 Å². The number of carbonyl (C=O) groups is 1. The van der Waals surface area contributed by atoms with Crippen LogP contribution in [0.1, 0.15) is 13.3 Å². The van der Waals surface area contributed by atoms with Crippen molar-refractivity contribution in [3.8, 4) is 0 Å². The van der Waals surface area contributed by atoms with Gasteiger partial charge in [0, 0.05) is 6.42 Å². The van der Waals surface area contributed by atoms with Crippen molar-refractivity contribution in [1.82, 2.24) is 0 Å². The fraction of sp³-hybridized carbons (Fsp3) is 0.900. The van der Waals surface area contributed by atoms with Gasteiger partial charge in [-0.3, -0.25) is 4.79 Å². The number of halogens is 12. The molecule has 0 aromatic heterocycles. The van der Waals surface area contributed by atoms with E-state index in [-0.39, 0.29) is 0 Å². The molecular formula is C10H8BrF11O2. The van der Waals surface area contributed by atoms with Crippen molar-refractivity contribution in [2.75, 3.05) is 7.11 Å². The van der Waals surface area contributed by atoms with Crippen LogP contribution in [0.5, 0.6) is 0 Å². The molecule has 0 aliphatic carbocycles. The van der Waals surface area contributed by atoms with Crippen molar-refractivity contribution in [1.29, 1.82) is 0 Å². The largest absolute Gasteiger partial charge is 0.468 e. The molecule has 0 fully saturated rings. The lowest BCUT2D eigenvalue weighted by Gasteiger charge is -2.41. The second-order valence-electron chi connectivity index (χ2n) is 4.81. The molecule has 0 aromatic carbocycles. The first kappa shape index (κ1) is 23.2. The number of methoxy groups -OCH3 is 1. The van der Waals surface area contributed by atoms with E-state index < -0.39 is 46.6 Å². The van der Waals surface area contributed by atoms with Gasteiger partial charge in [0.15, 0.2) is 0 Å². The van der Waals surface area contributed by atoms with Crippen LogP contribution < -0.4 is 0 Å². The van der Waals surface area contributed by atoms with Gasteiger partial charge in [-0.15, -0.1) is 0 Å². The van der Waals surface area contributed by atoms with Gasteiger partial charge < -0.3 is 4.74 Å². The average Bonchev–Trinajstić information content (AvgIpc) is 2.33. The van der Waals surface area contributed by atoms with Crippen LogP contribution >= 0.6 is 15.9 Å². The first-order valence-corrected chi connectivity index (χ1v) is 6.33. The molecule has 144 valence electrons. The van der Waals surface area contributed by atoms with Crippen LogP contribution in [0.2, 0.25) is 0 Å². The minimum atomic E-state index is -7.37. The minimum absolute atomic E-state index is 0.334. The number of hydrogen-bond acceptors (Lipinski definition) is 2. The molecule has 0 radical (unpaired) electrons. The second-order valence-corrected chi connectivity index (χ2v) is 6.56. The summed E-state index contributed by atoms with van der Waals surface area (Å²) in [5.41, 5.74) is -6.41. The van der Waals surface area contributed by atoms with E-state index in [2.05, 4.69) is 20.7 Å². The Balaban J connectivity index is 6.37. The topological polar surface area (TPSA) is 26.3 Å². The molecule has 0 aliphatic rings. The van der Waals surface area contributed by atoms with Gasteiger partial charge in [0.1, 0.15) is 4.32 Å². The quantitative estimate of drug-likeness (QED) is 0.343. The van der Waals surface area contributed by atoms with Crippen molar-refractivity contribution < 1.29 is 57.8 Å². The highest BCUT2D eigenvalue weighted by Crippen LogP contribution is 2.59. The van der Waals surface area contributed by atoms with E-state index >= 15 is 0 Å². The third-order valence-electron chi connectivity index (χ3n) is 2.88. The summed E-state index contributed by atoms with van der Waals surface area (Å²) in [4.78, 5) is 11.2. The molecule has 0 N–H and O–H groups in total. The molecule has 0 bridgehead atoms. The monoisotopic (exact) mass is 448 g/mol. The van der Waals surface area contributed by atoms with E-state index in [9.17, 15) is 53.1 Å². The Morgan fingerprint density at radius 3 is 1.46 bits per heavy atom. The summed E-state index contributed by atoms with van der Waals surface area (Å²) in [6, 6.07) is 0. The molecular weight excluding hydrogens is 441 g/mol. The van der Waals surface area contributed by atoms with E-state index in [4.69, 9.17) is 0 Å². The zero-order chi connectivity index (χ0) is 20.0. The van der Waals surface area contributed by atoms with Crippen LogP contribution in [-0.4, -0.2) is 47.3 Å². The van der Waals surface area contributed by atoms with Crippen LogP contribution in [0, 0.1) is 0 Å². The second kappa shape index (κ2) is 6.16. The molecule has 2 unspecified atom stereocenters. The zero-order valence-corrected chi connectivity index (χ0v) is 13.1. The summed E-state index contributed by atoms with van der Waals surface area (Å²) in [6.07, 6.45) is -16.9. The number of alkyl halides is 12. The summed E-state index contributed by atoms with van der Waals surface area (Å²) in [7, 11) is 0.539. The summed E-state index contributed by atoms with van der Waals surface area (Å²) in [5, 5.41) is 0. The maximum Gasteiger partial charge on any atom is 0.460 e. The minimum Gasteiger partial charge on any atom is -0.468 e. The molecule has 0 spiro atoms. The highest BCUT2D eigenvalue weighted by atomic mass is 79.9. The molecule has 14 heteroatoms. The summed E-state index contributed by atoms with van der Waals surface area (Å²) in [6.45, 7) is 0.334. The lowest BCUT2D eigenvalue weighted by atomic mass is 9.83. The van der Waals surface area contributed by atoms with Crippen LogP contribution in [-0.2, 0) is 9.53 Å². The number of hydrogen-bond donors (Lipinski definition) is 0. The lowest BCUT2D eigenvalue weighted by molar-refractivity contribution is -0.412. The Morgan fingerprint density at radius 1 is 0.833 bits per heavy atom. The smallest absolute Gasteiger partial charge is 0.460 e. The summed E-state index contributed by atoms with van der Waals surface area (Å²) < 4.78 is 142. The van der Waals surface area contributed by atoms with Crippen LogP contribution in [0.15, 0.2) is 0 Å². The van der Waals surface area contributed by atoms with Gasteiger partial charge in [0.25, 0.3) is 5.67 Å². The molecule has 0 aliphatic heterocycles. The maximum absolute atomic E-state index is 14.0. The molecule has 0 aromatic rings. The molecule has 0 amide bonds. The van der Waals surface area contributed by atoms with Gasteiger partial charge in [-0.2, -0.15) is 43.9 Å². The molecule has 2 nitrogen and oxygen atoms in total. The predicted octanol–water partition coefficient (Wildman–Crippen LogP) is 4.81. The third kappa shape index (κ3) is 3.57. The van der Waals surface area contributed by atoms with Gasteiger partial charge in [-0.05, 0) is 6.92 Å². The highest BCUT2D eigenvalue weighted by molar-refractivity contribution is 9.10. The standard InChI is InChI=1S/C10H8BrF11O2/c1-5(11,4(23)24-2)3-6(12,9(17,18)19)7(13,14)8(15,16)10(20,21)22/h3H2,1-2H3. The molecule has 0 heterocycles. The first-order valence-electron chi connectivity index (χ1n) is 5.54. The number of carbonyl (C=O) groups excluding carboxylic acids is 1. The van der Waals surface area contributed by atoms with E-state index in [0.29, 0.717) is 14.0 Å². The number of rotatable bonds is 5. The Kier molecular flexibility index (Phi) is 5.95. The SMILES string of the molecule is COC(=O)C(C)(Br)CC(F)(C(F)(F)F)C(F)(F)C(F)(F)C(F)(F)F. The fourth-order valence-corrected chi connectivity index (χ4v) is 2.11. The van der Waals surface area contributed by atoms with E-state index in [0.717, 1.165) is 0 Å². The lowest BCUT2D eigenvalue weighted by Crippen LogP contribution is -2.68. The molecule has 2 atom stereocenters. The Bertz CT molecular complexity index is 482. The van der Waals surface area contributed by atoms with Gasteiger partial charge in [0.05, 0.1) is 7.11 Å². The number of esters is 1. The van der Waals surface area contributed by atoms with Crippen LogP contribution in [0.25, 0.3) is 0 Å². The molecule has 24 heavy (non-hydrogen) atoms. The van der Waals surface area contributed by atoms with Crippen molar-refractivity contribution in [2.24, 2.45) is 0 Å². The van der Waals surface area contributed by atoms with Crippen LogP contribution in [0.4, 0.5) is 48.3 Å². The maximum atomic E-state index is 14.0. The molecule has 0 rings (SSSR count). The van der Waals surface area contributed by atoms with E-state index in [1.807, 2.05) is 0 Å². The van der Waals surface area contributed by atoms with Crippen molar-refractivity contribution in [3.05, 3.63) is 0 Å². The predicted molar refractivity (Wildman–Crippen MR) is 59.8 cm³/mol. The Labute approximate surface area is 135 Å². The van der Waals surface area contributed by atoms with Gasteiger partial charge in [0.2, 0.25) is 0 Å². The average molecular weight is 449 g/mol. The Morgan fingerprint density at radius 2 is 1.21 bits per heavy atom. The van der Waals surface area contributed by atoms with Gasteiger partial charge in [-0.1, -0.05) is 15.9 Å². The Hall–Kier alpha value is -0.820. The zero-order valence-electron chi connectivity index (χ0n) is 11.6. The van der Waals surface area contributed by atoms with Crippen molar-refractivity contribution in [3.63, 3.8) is 0 Å². The number of ether oxygens (including phenoxy) is 1. The molecule has 0 saturated carbocycles. The third-order valence-corrected chi connectivity index (χ3v) is 3.49. The highest BCUT2D eigenvalue weighted by Gasteiger charge is 2.87. The normalized spacial score (nSPS) is 19.4. The van der Waals surface area contributed by atoms with Crippen molar-refractivity contribution in [2.45, 2.75) is 47.5 Å². The summed E-state index contributed by atoms with van der Waals surface area (Å²) >= 11 is 2.07.